The SMILES string of the molecule is CC(C)C[C@@H](NC(=O)OCc1ccccc1)C(=O)N[C@H](CC1CCNC1=O)C(=O)O. The number of ether oxygens (including phenoxy) is 1. The molecule has 1 unspecified atom stereocenters. The number of carbonyl (C=O) groups is 4. The second-order valence-electron chi connectivity index (χ2n) is 7.80. The van der Waals surface area contributed by atoms with E-state index in [1.54, 1.807) is 0 Å². The molecule has 0 bridgehead atoms. The number of carboxylic acid groups (broad SMARTS) is 1. The van der Waals surface area contributed by atoms with Crippen molar-refractivity contribution in [2.75, 3.05) is 6.54 Å². The van der Waals surface area contributed by atoms with E-state index in [-0.39, 0.29) is 24.9 Å². The summed E-state index contributed by atoms with van der Waals surface area (Å²) in [7, 11) is 0. The van der Waals surface area contributed by atoms with E-state index >= 15 is 0 Å². The predicted octanol–water partition coefficient (Wildman–Crippen LogP) is 1.42. The zero-order valence-corrected chi connectivity index (χ0v) is 17.2. The molecular formula is C21H29N3O6. The van der Waals surface area contributed by atoms with Crippen molar-refractivity contribution >= 4 is 23.9 Å². The van der Waals surface area contributed by atoms with Crippen LogP contribution in [0, 0.1) is 11.8 Å². The summed E-state index contributed by atoms with van der Waals surface area (Å²) in [6.45, 7) is 4.31. The zero-order chi connectivity index (χ0) is 22.1. The molecule has 0 spiro atoms. The van der Waals surface area contributed by atoms with E-state index < -0.39 is 36.0 Å². The highest BCUT2D eigenvalue weighted by Gasteiger charge is 2.33. The van der Waals surface area contributed by atoms with E-state index in [1.807, 2.05) is 44.2 Å². The van der Waals surface area contributed by atoms with Gasteiger partial charge in [-0.15, -0.1) is 0 Å². The van der Waals surface area contributed by atoms with Crippen LogP contribution < -0.4 is 16.0 Å². The van der Waals surface area contributed by atoms with Crippen LogP contribution >= 0.6 is 0 Å². The second kappa shape index (κ2) is 11.2. The number of rotatable bonds is 10. The molecule has 9 heteroatoms. The lowest BCUT2D eigenvalue weighted by Gasteiger charge is -2.23. The molecule has 1 heterocycles. The summed E-state index contributed by atoms with van der Waals surface area (Å²) in [5.74, 6) is -2.45. The molecule has 0 aliphatic carbocycles. The highest BCUT2D eigenvalue weighted by atomic mass is 16.5. The van der Waals surface area contributed by atoms with Gasteiger partial charge >= 0.3 is 12.1 Å². The molecule has 0 saturated carbocycles. The highest BCUT2D eigenvalue weighted by molar-refractivity contribution is 5.89. The Hall–Kier alpha value is -3.10. The molecule has 3 atom stereocenters. The van der Waals surface area contributed by atoms with Gasteiger partial charge in [0.05, 0.1) is 0 Å². The molecule has 1 aliphatic rings. The molecule has 30 heavy (non-hydrogen) atoms. The molecule has 1 aromatic rings. The molecular weight excluding hydrogens is 390 g/mol. The molecule has 3 amide bonds. The topological polar surface area (TPSA) is 134 Å². The third-order valence-corrected chi connectivity index (χ3v) is 4.83. The summed E-state index contributed by atoms with van der Waals surface area (Å²) >= 11 is 0. The predicted molar refractivity (Wildman–Crippen MR) is 108 cm³/mol. The molecule has 9 nitrogen and oxygen atoms in total. The molecule has 1 aliphatic heterocycles. The van der Waals surface area contributed by atoms with Gasteiger partial charge in [0.15, 0.2) is 0 Å². The Morgan fingerprint density at radius 2 is 1.87 bits per heavy atom. The van der Waals surface area contributed by atoms with Crippen molar-refractivity contribution in [1.29, 1.82) is 0 Å². The summed E-state index contributed by atoms with van der Waals surface area (Å²) in [5.41, 5.74) is 0.804. The zero-order valence-electron chi connectivity index (χ0n) is 17.2. The maximum atomic E-state index is 12.7. The average Bonchev–Trinajstić information content (AvgIpc) is 3.10. The maximum Gasteiger partial charge on any atom is 0.408 e. The summed E-state index contributed by atoms with van der Waals surface area (Å²) in [5, 5.41) is 17.1. The van der Waals surface area contributed by atoms with Gasteiger partial charge in [0, 0.05) is 12.5 Å². The lowest BCUT2D eigenvalue weighted by Crippen LogP contribution is -2.52. The van der Waals surface area contributed by atoms with E-state index in [1.165, 1.54) is 0 Å². The van der Waals surface area contributed by atoms with E-state index in [0.717, 1.165) is 5.56 Å². The van der Waals surface area contributed by atoms with Crippen LogP contribution in [0.3, 0.4) is 0 Å². The van der Waals surface area contributed by atoms with Crippen LogP contribution in [0.25, 0.3) is 0 Å². The van der Waals surface area contributed by atoms with Gasteiger partial charge < -0.3 is 25.8 Å². The Morgan fingerprint density at radius 1 is 1.17 bits per heavy atom. The monoisotopic (exact) mass is 419 g/mol. The first-order valence-corrected chi connectivity index (χ1v) is 10.0. The van der Waals surface area contributed by atoms with Crippen molar-refractivity contribution in [3.8, 4) is 0 Å². The van der Waals surface area contributed by atoms with Crippen molar-refractivity contribution in [3.63, 3.8) is 0 Å². The molecule has 1 saturated heterocycles. The quantitative estimate of drug-likeness (QED) is 0.453. The summed E-state index contributed by atoms with van der Waals surface area (Å²) in [6, 6.07) is 6.94. The summed E-state index contributed by atoms with van der Waals surface area (Å²) < 4.78 is 5.17. The number of nitrogens with one attached hydrogen (secondary N) is 3. The largest absolute Gasteiger partial charge is 0.480 e. The summed E-state index contributed by atoms with van der Waals surface area (Å²) in [6.07, 6.45) is 0.0713. The van der Waals surface area contributed by atoms with Crippen LogP contribution in [0.1, 0.15) is 38.7 Å². The number of hydrogen-bond acceptors (Lipinski definition) is 5. The first kappa shape index (κ1) is 23.2. The molecule has 1 fully saturated rings. The molecule has 0 radical (unpaired) electrons. The van der Waals surface area contributed by atoms with Crippen molar-refractivity contribution in [1.82, 2.24) is 16.0 Å². The second-order valence-corrected chi connectivity index (χ2v) is 7.80. The fourth-order valence-electron chi connectivity index (χ4n) is 3.26. The lowest BCUT2D eigenvalue weighted by atomic mass is 9.97. The third kappa shape index (κ3) is 7.38. The lowest BCUT2D eigenvalue weighted by molar-refractivity contribution is -0.143. The van der Waals surface area contributed by atoms with E-state index in [4.69, 9.17) is 4.74 Å². The fourth-order valence-corrected chi connectivity index (χ4v) is 3.26. The number of carboxylic acids is 1. The van der Waals surface area contributed by atoms with E-state index in [2.05, 4.69) is 16.0 Å². The van der Waals surface area contributed by atoms with Gasteiger partial charge in [-0.25, -0.2) is 9.59 Å². The van der Waals surface area contributed by atoms with Gasteiger partial charge in [-0.3, -0.25) is 9.59 Å². The fraction of sp³-hybridized carbons (Fsp3) is 0.524. The molecule has 1 aromatic carbocycles. The standard InChI is InChI=1S/C21H29N3O6/c1-13(2)10-16(24-21(29)30-12-14-6-4-3-5-7-14)19(26)23-17(20(27)28)11-15-8-9-22-18(15)25/h3-7,13,15-17H,8-12H2,1-2H3,(H,22,25)(H,23,26)(H,24,29)(H,27,28)/t15?,16-,17-/m1/s1. The van der Waals surface area contributed by atoms with E-state index in [9.17, 15) is 24.3 Å². The third-order valence-electron chi connectivity index (χ3n) is 4.83. The smallest absolute Gasteiger partial charge is 0.408 e. The average molecular weight is 419 g/mol. The Labute approximate surface area is 175 Å². The molecule has 164 valence electrons. The summed E-state index contributed by atoms with van der Waals surface area (Å²) in [4.78, 5) is 48.2. The van der Waals surface area contributed by atoms with Crippen LogP contribution in [-0.2, 0) is 25.7 Å². The minimum atomic E-state index is -1.22. The highest BCUT2D eigenvalue weighted by Crippen LogP contribution is 2.17. The number of benzene rings is 1. The number of carbonyl (C=O) groups excluding carboxylic acids is 3. The van der Waals surface area contributed by atoms with Crippen LogP contribution in [0.15, 0.2) is 30.3 Å². The van der Waals surface area contributed by atoms with Crippen molar-refractivity contribution in [3.05, 3.63) is 35.9 Å². The van der Waals surface area contributed by atoms with Gasteiger partial charge in [-0.05, 0) is 30.7 Å². The van der Waals surface area contributed by atoms with Gasteiger partial charge in [0.25, 0.3) is 0 Å². The van der Waals surface area contributed by atoms with Crippen LogP contribution in [0.4, 0.5) is 4.79 Å². The molecule has 4 N–H and O–H groups in total. The van der Waals surface area contributed by atoms with Gasteiger partial charge in [0.1, 0.15) is 18.7 Å². The first-order chi connectivity index (χ1) is 14.3. The van der Waals surface area contributed by atoms with Gasteiger partial charge in [-0.2, -0.15) is 0 Å². The van der Waals surface area contributed by atoms with E-state index in [0.29, 0.717) is 19.4 Å². The van der Waals surface area contributed by atoms with Gasteiger partial charge in [-0.1, -0.05) is 44.2 Å². The molecule has 0 aromatic heterocycles. The number of aliphatic carboxylic acids is 1. The van der Waals surface area contributed by atoms with Crippen molar-refractivity contribution in [2.45, 2.75) is 51.8 Å². The minimum absolute atomic E-state index is 0.000239. The van der Waals surface area contributed by atoms with Crippen molar-refractivity contribution in [2.24, 2.45) is 11.8 Å². The molecule has 2 rings (SSSR count). The van der Waals surface area contributed by atoms with Gasteiger partial charge in [0.2, 0.25) is 11.8 Å². The Bertz CT molecular complexity index is 752. The minimum Gasteiger partial charge on any atom is -0.480 e. The Kier molecular flexibility index (Phi) is 8.64. The number of hydrogen-bond donors (Lipinski definition) is 4. The maximum absolute atomic E-state index is 12.7. The normalized spacial score (nSPS) is 17.7. The Balaban J connectivity index is 1.95. The van der Waals surface area contributed by atoms with Crippen LogP contribution in [0.2, 0.25) is 0 Å². The van der Waals surface area contributed by atoms with Crippen molar-refractivity contribution < 1.29 is 29.0 Å². The number of amides is 3. The first-order valence-electron chi connectivity index (χ1n) is 10.0. The number of alkyl carbamates (subject to hydrolysis) is 1. The van der Waals surface area contributed by atoms with Crippen LogP contribution in [0.5, 0.6) is 0 Å². The van der Waals surface area contributed by atoms with Crippen LogP contribution in [-0.4, -0.2) is 47.6 Å². The Morgan fingerprint density at radius 3 is 2.43 bits per heavy atom.